The van der Waals surface area contributed by atoms with Crippen molar-refractivity contribution in [3.05, 3.63) is 102 Å². The summed E-state index contributed by atoms with van der Waals surface area (Å²) in [5.41, 5.74) is 3.07. The molecular weight excluding hydrogens is 426 g/mol. The van der Waals surface area contributed by atoms with Gasteiger partial charge in [-0.3, -0.25) is 4.79 Å². The molecule has 5 nitrogen and oxygen atoms in total. The van der Waals surface area contributed by atoms with E-state index in [4.69, 9.17) is 14.2 Å². The number of benzene rings is 3. The minimum Gasteiger partial charge on any atom is -0.497 e. The number of aromatic nitrogens is 1. The third-order valence-corrected chi connectivity index (χ3v) is 5.90. The number of hydrogen-bond acceptors (Lipinski definition) is 5. The van der Waals surface area contributed by atoms with Crippen molar-refractivity contribution in [2.75, 3.05) is 7.11 Å². The van der Waals surface area contributed by atoms with Gasteiger partial charge in [0.2, 0.25) is 5.78 Å². The molecule has 0 unspecified atom stereocenters. The fraction of sp³-hybridized carbons (Fsp3) is 0.172. The predicted molar refractivity (Wildman–Crippen MR) is 132 cm³/mol. The number of nitrogens with zero attached hydrogens (tertiary/aromatic N) is 1. The highest BCUT2D eigenvalue weighted by Crippen LogP contribution is 2.41. The SMILES string of the molecule is COc1ccc(C2=C(c3ccc(OCc4ccc5ccccc5n4)cc3)OC(C)(C)C2=O)cc1. The topological polar surface area (TPSA) is 57.6 Å². The number of pyridine rings is 1. The van der Waals surface area contributed by atoms with Crippen LogP contribution in [0.4, 0.5) is 0 Å². The normalized spacial score (nSPS) is 14.9. The summed E-state index contributed by atoms with van der Waals surface area (Å²) >= 11 is 0. The Hall–Kier alpha value is -4.12. The summed E-state index contributed by atoms with van der Waals surface area (Å²) in [6.07, 6.45) is 0. The van der Waals surface area contributed by atoms with Crippen molar-refractivity contribution in [3.8, 4) is 11.5 Å². The summed E-state index contributed by atoms with van der Waals surface area (Å²) in [6, 6.07) is 27.1. The Bertz CT molecular complexity index is 1390. The molecule has 0 radical (unpaired) electrons. The highest BCUT2D eigenvalue weighted by molar-refractivity contribution is 6.32. The fourth-order valence-corrected chi connectivity index (χ4v) is 4.03. The maximum atomic E-state index is 13.1. The molecule has 0 saturated carbocycles. The van der Waals surface area contributed by atoms with Gasteiger partial charge in [0.1, 0.15) is 23.9 Å². The Morgan fingerprint density at radius 3 is 2.24 bits per heavy atom. The zero-order valence-electron chi connectivity index (χ0n) is 19.4. The van der Waals surface area contributed by atoms with Crippen molar-refractivity contribution in [1.29, 1.82) is 0 Å². The van der Waals surface area contributed by atoms with Crippen molar-refractivity contribution in [1.82, 2.24) is 4.98 Å². The van der Waals surface area contributed by atoms with Gasteiger partial charge in [0.25, 0.3) is 0 Å². The number of rotatable bonds is 6. The van der Waals surface area contributed by atoms with Crippen LogP contribution in [0.25, 0.3) is 22.2 Å². The van der Waals surface area contributed by atoms with E-state index in [0.29, 0.717) is 23.7 Å². The van der Waals surface area contributed by atoms with Gasteiger partial charge in [0.05, 0.1) is 23.9 Å². The number of methoxy groups -OCH3 is 1. The molecule has 2 heterocycles. The molecule has 0 spiro atoms. The number of Topliss-reactive ketones (excluding diaryl/α,β-unsaturated/α-hetero) is 1. The lowest BCUT2D eigenvalue weighted by atomic mass is 9.92. The van der Waals surface area contributed by atoms with Crippen LogP contribution in [-0.4, -0.2) is 23.5 Å². The second kappa shape index (κ2) is 8.67. The third kappa shape index (κ3) is 4.13. The highest BCUT2D eigenvalue weighted by atomic mass is 16.5. The van der Waals surface area contributed by atoms with Crippen LogP contribution in [0.5, 0.6) is 11.5 Å². The van der Waals surface area contributed by atoms with E-state index in [1.807, 2.05) is 84.9 Å². The average Bonchev–Trinajstić information content (AvgIpc) is 3.11. The number of ether oxygens (including phenoxy) is 3. The second-order valence-corrected chi connectivity index (χ2v) is 8.68. The summed E-state index contributed by atoms with van der Waals surface area (Å²) in [7, 11) is 1.62. The Labute approximate surface area is 198 Å². The number of carbonyl (C=O) groups excluding carboxylic acids is 1. The van der Waals surface area contributed by atoms with E-state index >= 15 is 0 Å². The molecule has 34 heavy (non-hydrogen) atoms. The molecule has 0 saturated heterocycles. The van der Waals surface area contributed by atoms with Gasteiger partial charge in [-0.1, -0.05) is 36.4 Å². The van der Waals surface area contributed by atoms with Crippen molar-refractivity contribution in [3.63, 3.8) is 0 Å². The molecule has 0 amide bonds. The summed E-state index contributed by atoms with van der Waals surface area (Å²) in [5.74, 6) is 1.98. The summed E-state index contributed by atoms with van der Waals surface area (Å²) in [6.45, 7) is 3.95. The molecule has 1 aromatic heterocycles. The minimum absolute atomic E-state index is 0.0460. The summed E-state index contributed by atoms with van der Waals surface area (Å²) < 4.78 is 17.3. The predicted octanol–water partition coefficient (Wildman–Crippen LogP) is 6.07. The fourth-order valence-electron chi connectivity index (χ4n) is 4.03. The largest absolute Gasteiger partial charge is 0.497 e. The van der Waals surface area contributed by atoms with Crippen LogP contribution in [0.2, 0.25) is 0 Å². The number of carbonyl (C=O) groups is 1. The second-order valence-electron chi connectivity index (χ2n) is 8.68. The molecule has 0 atom stereocenters. The van der Waals surface area contributed by atoms with Crippen LogP contribution < -0.4 is 9.47 Å². The van der Waals surface area contributed by atoms with Crippen LogP contribution in [0.3, 0.4) is 0 Å². The maximum Gasteiger partial charge on any atom is 0.210 e. The lowest BCUT2D eigenvalue weighted by Gasteiger charge is -2.18. The Morgan fingerprint density at radius 1 is 0.824 bits per heavy atom. The van der Waals surface area contributed by atoms with Crippen LogP contribution >= 0.6 is 0 Å². The van der Waals surface area contributed by atoms with E-state index in [0.717, 1.165) is 33.5 Å². The molecule has 0 bridgehead atoms. The first-order chi connectivity index (χ1) is 16.4. The lowest BCUT2D eigenvalue weighted by Crippen LogP contribution is -2.29. The first-order valence-corrected chi connectivity index (χ1v) is 11.1. The Kier molecular flexibility index (Phi) is 5.54. The molecule has 170 valence electrons. The Balaban J connectivity index is 1.38. The van der Waals surface area contributed by atoms with Crippen molar-refractivity contribution < 1.29 is 19.0 Å². The van der Waals surface area contributed by atoms with Crippen molar-refractivity contribution in [2.24, 2.45) is 0 Å². The maximum absolute atomic E-state index is 13.1. The highest BCUT2D eigenvalue weighted by Gasteiger charge is 2.42. The molecule has 1 aliphatic heterocycles. The first kappa shape index (κ1) is 21.7. The standard InChI is InChI=1S/C29H25NO4/c1-29(2)28(31)26(20-9-14-23(32-3)15-10-20)27(34-29)21-11-16-24(17-12-21)33-18-22-13-8-19-6-4-5-7-25(19)30-22/h4-17H,18H2,1-3H3. The summed E-state index contributed by atoms with van der Waals surface area (Å²) in [5, 5.41) is 1.10. The molecule has 5 rings (SSSR count). The van der Waals surface area contributed by atoms with Crippen LogP contribution in [0.15, 0.2) is 84.9 Å². The van der Waals surface area contributed by atoms with E-state index in [-0.39, 0.29) is 5.78 Å². The van der Waals surface area contributed by atoms with E-state index in [2.05, 4.69) is 4.98 Å². The lowest BCUT2D eigenvalue weighted by molar-refractivity contribution is -0.125. The minimum atomic E-state index is -0.929. The molecule has 0 N–H and O–H groups in total. The summed E-state index contributed by atoms with van der Waals surface area (Å²) in [4.78, 5) is 17.8. The number of ketones is 1. The molecule has 3 aromatic carbocycles. The Morgan fingerprint density at radius 2 is 1.50 bits per heavy atom. The zero-order chi connectivity index (χ0) is 23.7. The van der Waals surface area contributed by atoms with Crippen LogP contribution in [0.1, 0.15) is 30.7 Å². The quantitative estimate of drug-likeness (QED) is 0.356. The van der Waals surface area contributed by atoms with Crippen molar-refractivity contribution >= 4 is 28.0 Å². The zero-order valence-corrected chi connectivity index (χ0v) is 19.4. The number of para-hydroxylation sites is 1. The monoisotopic (exact) mass is 451 g/mol. The first-order valence-electron chi connectivity index (χ1n) is 11.1. The van der Waals surface area contributed by atoms with Gasteiger partial charge >= 0.3 is 0 Å². The van der Waals surface area contributed by atoms with Gasteiger partial charge in [-0.05, 0) is 67.9 Å². The average molecular weight is 452 g/mol. The molecule has 4 aromatic rings. The molecule has 0 fully saturated rings. The van der Waals surface area contributed by atoms with E-state index in [1.165, 1.54) is 0 Å². The molecule has 1 aliphatic rings. The van der Waals surface area contributed by atoms with Crippen LogP contribution in [-0.2, 0) is 16.1 Å². The van der Waals surface area contributed by atoms with Gasteiger partial charge in [-0.15, -0.1) is 0 Å². The van der Waals surface area contributed by atoms with Crippen molar-refractivity contribution in [2.45, 2.75) is 26.1 Å². The third-order valence-electron chi connectivity index (χ3n) is 5.90. The molecular formula is C29H25NO4. The van der Waals surface area contributed by atoms with E-state index in [1.54, 1.807) is 21.0 Å². The number of hydrogen-bond donors (Lipinski definition) is 0. The van der Waals surface area contributed by atoms with Gasteiger partial charge in [-0.25, -0.2) is 4.98 Å². The molecule has 5 heteroatoms. The van der Waals surface area contributed by atoms with Gasteiger partial charge < -0.3 is 14.2 Å². The number of fused-ring (bicyclic) bond motifs is 1. The van der Waals surface area contributed by atoms with Gasteiger partial charge in [0.15, 0.2) is 5.60 Å². The van der Waals surface area contributed by atoms with E-state index < -0.39 is 5.60 Å². The van der Waals surface area contributed by atoms with Crippen LogP contribution in [0, 0.1) is 0 Å². The smallest absolute Gasteiger partial charge is 0.210 e. The van der Waals surface area contributed by atoms with E-state index in [9.17, 15) is 4.79 Å². The van der Waals surface area contributed by atoms with Gasteiger partial charge in [-0.2, -0.15) is 0 Å². The van der Waals surface area contributed by atoms with Gasteiger partial charge in [0, 0.05) is 10.9 Å². The molecule has 0 aliphatic carbocycles.